The number of hydrogen-bond donors (Lipinski definition) is 0. The van der Waals surface area contributed by atoms with E-state index < -0.39 is 0 Å². The molecule has 0 fully saturated rings. The number of rotatable bonds is 2. The minimum absolute atomic E-state index is 0.305. The van der Waals surface area contributed by atoms with E-state index in [1.54, 1.807) is 0 Å². The molecule has 0 saturated heterocycles. The Hall–Kier alpha value is -2.35. The third kappa shape index (κ3) is 1.99. The Morgan fingerprint density at radius 3 is 2.52 bits per heavy atom. The van der Waals surface area contributed by atoms with Gasteiger partial charge < -0.3 is 4.57 Å². The maximum absolute atomic E-state index is 12.4. The third-order valence-electron chi connectivity index (χ3n) is 4.36. The highest BCUT2D eigenvalue weighted by molar-refractivity contribution is 6.10. The molecule has 2 nitrogen and oxygen atoms in total. The fourth-order valence-electron chi connectivity index (χ4n) is 3.42. The number of hydrogen-bond acceptors (Lipinski definition) is 1. The van der Waals surface area contributed by atoms with Gasteiger partial charge in [-0.05, 0) is 24.5 Å². The zero-order valence-corrected chi connectivity index (χ0v) is 11.9. The van der Waals surface area contributed by atoms with Gasteiger partial charge in [0, 0.05) is 35.1 Å². The highest BCUT2D eigenvalue weighted by Crippen LogP contribution is 2.32. The lowest BCUT2D eigenvalue weighted by molar-refractivity contribution is 0.0973. The molecule has 0 N–H and O–H groups in total. The maximum atomic E-state index is 12.4. The number of ketones is 1. The Morgan fingerprint density at radius 2 is 1.67 bits per heavy atom. The number of Topliss-reactive ketones (excluding diaryl/α,β-unsaturated/α-hetero) is 1. The SMILES string of the molecule is O=C1CCCc2c1c1ccccc1n2Cc1ccccc1. The molecular formula is C19H17NO. The van der Waals surface area contributed by atoms with Gasteiger partial charge in [0.05, 0.1) is 0 Å². The average molecular weight is 275 g/mol. The van der Waals surface area contributed by atoms with Crippen molar-refractivity contribution in [1.82, 2.24) is 4.57 Å². The Balaban J connectivity index is 1.94. The number of aromatic nitrogens is 1. The van der Waals surface area contributed by atoms with Crippen LogP contribution in [0.5, 0.6) is 0 Å². The molecule has 21 heavy (non-hydrogen) atoms. The van der Waals surface area contributed by atoms with Gasteiger partial charge in [-0.1, -0.05) is 48.5 Å². The summed E-state index contributed by atoms with van der Waals surface area (Å²) in [5, 5.41) is 1.12. The number of nitrogens with zero attached hydrogens (tertiary/aromatic N) is 1. The van der Waals surface area contributed by atoms with Crippen molar-refractivity contribution in [2.24, 2.45) is 0 Å². The second-order valence-corrected chi connectivity index (χ2v) is 5.69. The van der Waals surface area contributed by atoms with Crippen LogP contribution in [-0.4, -0.2) is 10.4 Å². The van der Waals surface area contributed by atoms with Crippen molar-refractivity contribution in [2.75, 3.05) is 0 Å². The standard InChI is InChI=1S/C19H17NO/c21-18-12-6-11-17-19(18)15-9-4-5-10-16(15)20(17)13-14-7-2-1-3-8-14/h1-5,7-10H,6,11-13H2. The first-order valence-electron chi connectivity index (χ1n) is 7.52. The normalized spacial score (nSPS) is 14.4. The van der Waals surface area contributed by atoms with Crippen molar-refractivity contribution in [2.45, 2.75) is 25.8 Å². The Bertz CT molecular complexity index is 814. The van der Waals surface area contributed by atoms with E-state index >= 15 is 0 Å². The molecule has 1 aromatic heterocycles. The molecule has 0 bridgehead atoms. The van der Waals surface area contributed by atoms with Crippen LogP contribution in [0.2, 0.25) is 0 Å². The predicted octanol–water partition coefficient (Wildman–Crippen LogP) is 4.21. The van der Waals surface area contributed by atoms with E-state index in [2.05, 4.69) is 47.0 Å². The molecule has 1 aliphatic carbocycles. The fourth-order valence-corrected chi connectivity index (χ4v) is 3.42. The van der Waals surface area contributed by atoms with Gasteiger partial charge in [-0.2, -0.15) is 0 Å². The lowest BCUT2D eigenvalue weighted by Gasteiger charge is -2.15. The van der Waals surface area contributed by atoms with Crippen molar-refractivity contribution in [1.29, 1.82) is 0 Å². The Morgan fingerprint density at radius 1 is 0.905 bits per heavy atom. The van der Waals surface area contributed by atoms with Crippen LogP contribution in [0, 0.1) is 0 Å². The molecule has 0 amide bonds. The quantitative estimate of drug-likeness (QED) is 0.686. The molecule has 3 aromatic rings. The van der Waals surface area contributed by atoms with Crippen LogP contribution in [0.15, 0.2) is 54.6 Å². The van der Waals surface area contributed by atoms with Crippen molar-refractivity contribution in [3.05, 3.63) is 71.4 Å². The van der Waals surface area contributed by atoms with Crippen molar-refractivity contribution < 1.29 is 4.79 Å². The Labute approximate surface area is 124 Å². The van der Waals surface area contributed by atoms with Crippen LogP contribution in [0.1, 0.15) is 34.5 Å². The van der Waals surface area contributed by atoms with Gasteiger partial charge >= 0.3 is 0 Å². The highest BCUT2D eigenvalue weighted by Gasteiger charge is 2.25. The molecule has 4 rings (SSSR count). The minimum atomic E-state index is 0.305. The molecule has 1 aliphatic rings. The summed E-state index contributed by atoms with van der Waals surface area (Å²) >= 11 is 0. The Kier molecular flexibility index (Phi) is 2.88. The van der Waals surface area contributed by atoms with Gasteiger partial charge in [0.1, 0.15) is 0 Å². The minimum Gasteiger partial charge on any atom is -0.339 e. The van der Waals surface area contributed by atoms with Crippen LogP contribution in [0.4, 0.5) is 0 Å². The molecule has 0 aliphatic heterocycles. The summed E-state index contributed by atoms with van der Waals surface area (Å²) in [6.45, 7) is 0.837. The molecular weight excluding hydrogens is 258 g/mol. The van der Waals surface area contributed by atoms with Crippen LogP contribution in [0.25, 0.3) is 10.9 Å². The lowest BCUT2D eigenvalue weighted by atomic mass is 9.94. The molecule has 1 heterocycles. The summed E-state index contributed by atoms with van der Waals surface area (Å²) < 4.78 is 2.33. The molecule has 0 radical (unpaired) electrons. The van der Waals surface area contributed by atoms with E-state index in [0.29, 0.717) is 12.2 Å². The highest BCUT2D eigenvalue weighted by atomic mass is 16.1. The second kappa shape index (κ2) is 4.88. The first-order chi connectivity index (χ1) is 10.3. The molecule has 2 heteroatoms. The number of benzene rings is 2. The van der Waals surface area contributed by atoms with E-state index in [4.69, 9.17) is 0 Å². The van der Waals surface area contributed by atoms with E-state index in [1.807, 2.05) is 12.1 Å². The maximum Gasteiger partial charge on any atom is 0.165 e. The lowest BCUT2D eigenvalue weighted by Crippen LogP contribution is -2.13. The molecule has 0 unspecified atom stereocenters. The molecule has 0 atom stereocenters. The van der Waals surface area contributed by atoms with E-state index in [9.17, 15) is 4.79 Å². The van der Waals surface area contributed by atoms with Crippen LogP contribution < -0.4 is 0 Å². The van der Waals surface area contributed by atoms with Crippen molar-refractivity contribution in [3.8, 4) is 0 Å². The third-order valence-corrected chi connectivity index (χ3v) is 4.36. The summed E-state index contributed by atoms with van der Waals surface area (Å²) in [5.74, 6) is 0.305. The fraction of sp³-hybridized carbons (Fsp3) is 0.211. The van der Waals surface area contributed by atoms with Gasteiger partial charge in [-0.15, -0.1) is 0 Å². The molecule has 104 valence electrons. The zero-order chi connectivity index (χ0) is 14.2. The topological polar surface area (TPSA) is 22.0 Å². The van der Waals surface area contributed by atoms with Crippen LogP contribution in [0.3, 0.4) is 0 Å². The summed E-state index contributed by atoms with van der Waals surface area (Å²) in [6.07, 6.45) is 2.66. The summed E-state index contributed by atoms with van der Waals surface area (Å²) in [7, 11) is 0. The summed E-state index contributed by atoms with van der Waals surface area (Å²) in [6, 6.07) is 18.8. The number of para-hydroxylation sites is 1. The van der Waals surface area contributed by atoms with E-state index in [0.717, 1.165) is 30.3 Å². The average Bonchev–Trinajstić information content (AvgIpc) is 2.84. The van der Waals surface area contributed by atoms with Crippen molar-refractivity contribution in [3.63, 3.8) is 0 Å². The first-order valence-corrected chi connectivity index (χ1v) is 7.52. The number of fused-ring (bicyclic) bond motifs is 3. The second-order valence-electron chi connectivity index (χ2n) is 5.69. The molecule has 2 aromatic carbocycles. The van der Waals surface area contributed by atoms with Gasteiger partial charge in [0.15, 0.2) is 5.78 Å². The van der Waals surface area contributed by atoms with Crippen molar-refractivity contribution >= 4 is 16.7 Å². The first kappa shape index (κ1) is 12.4. The van der Waals surface area contributed by atoms with Gasteiger partial charge in [0.25, 0.3) is 0 Å². The molecule has 0 saturated carbocycles. The summed E-state index contributed by atoms with van der Waals surface area (Å²) in [5.41, 5.74) is 4.64. The predicted molar refractivity (Wildman–Crippen MR) is 84.8 cm³/mol. The number of carbonyl (C=O) groups excluding carboxylic acids is 1. The van der Waals surface area contributed by atoms with Gasteiger partial charge in [0.2, 0.25) is 0 Å². The summed E-state index contributed by atoms with van der Waals surface area (Å²) in [4.78, 5) is 12.4. The largest absolute Gasteiger partial charge is 0.339 e. The van der Waals surface area contributed by atoms with E-state index in [1.165, 1.54) is 16.8 Å². The van der Waals surface area contributed by atoms with Gasteiger partial charge in [-0.3, -0.25) is 4.79 Å². The van der Waals surface area contributed by atoms with E-state index in [-0.39, 0.29) is 0 Å². The number of carbonyl (C=O) groups is 1. The monoisotopic (exact) mass is 275 g/mol. The molecule has 0 spiro atoms. The smallest absolute Gasteiger partial charge is 0.165 e. The van der Waals surface area contributed by atoms with Crippen LogP contribution >= 0.6 is 0 Å². The van der Waals surface area contributed by atoms with Gasteiger partial charge in [-0.25, -0.2) is 0 Å². The zero-order valence-electron chi connectivity index (χ0n) is 11.9. The van der Waals surface area contributed by atoms with Crippen LogP contribution in [-0.2, 0) is 13.0 Å².